The number of carbonyl (C=O) groups excluding carboxylic acids is 1. The van der Waals surface area contributed by atoms with E-state index in [-0.39, 0.29) is 23.9 Å². The number of nitrogens with one attached hydrogen (secondary N) is 1. The molecule has 2 aromatic rings. The average molecular weight is 385 g/mol. The molecule has 1 amide bonds. The maximum Gasteiger partial charge on any atom is 0.308 e. The number of aryl methyl sites for hydroxylation is 1. The summed E-state index contributed by atoms with van der Waals surface area (Å²) in [6, 6.07) is 4.86. The van der Waals surface area contributed by atoms with Gasteiger partial charge in [0.25, 0.3) is 11.5 Å². The van der Waals surface area contributed by atoms with Crippen molar-refractivity contribution in [1.82, 2.24) is 14.9 Å². The molecule has 0 spiro atoms. The fourth-order valence-corrected chi connectivity index (χ4v) is 3.72. The van der Waals surface area contributed by atoms with Crippen LogP contribution in [0.2, 0.25) is 0 Å². The Morgan fingerprint density at radius 1 is 1.25 bits per heavy atom. The third-order valence-electron chi connectivity index (χ3n) is 5.19. The molecule has 1 aromatic heterocycles. The fourth-order valence-electron chi connectivity index (χ4n) is 3.72. The molecule has 1 atom stereocenters. The zero-order chi connectivity index (χ0) is 20.3. The number of amides is 1. The van der Waals surface area contributed by atoms with Gasteiger partial charge in [-0.2, -0.15) is 0 Å². The van der Waals surface area contributed by atoms with Crippen molar-refractivity contribution in [2.24, 2.45) is 11.8 Å². The van der Waals surface area contributed by atoms with E-state index in [0.717, 1.165) is 31.5 Å². The van der Waals surface area contributed by atoms with Crippen molar-refractivity contribution in [2.75, 3.05) is 6.54 Å². The first kappa shape index (κ1) is 20.0. The molecule has 2 N–H and O–H groups in total. The van der Waals surface area contributed by atoms with E-state index < -0.39 is 11.9 Å². The molecule has 3 rings (SSSR count). The monoisotopic (exact) mass is 385 g/mol. The summed E-state index contributed by atoms with van der Waals surface area (Å²) in [5.41, 5.74) is 0.839. The van der Waals surface area contributed by atoms with Gasteiger partial charge in [-0.05, 0) is 43.4 Å². The highest BCUT2D eigenvalue weighted by atomic mass is 16.4. The summed E-state index contributed by atoms with van der Waals surface area (Å²) in [4.78, 5) is 41.3. The number of rotatable bonds is 6. The Morgan fingerprint density at radius 2 is 2.04 bits per heavy atom. The normalized spacial score (nSPS) is 15.1. The first-order valence-corrected chi connectivity index (χ1v) is 9.91. The van der Waals surface area contributed by atoms with Gasteiger partial charge in [-0.3, -0.25) is 19.0 Å². The zero-order valence-electron chi connectivity index (χ0n) is 16.4. The molecule has 0 aliphatic carbocycles. The Labute approximate surface area is 163 Å². The third-order valence-corrected chi connectivity index (χ3v) is 5.19. The highest BCUT2D eigenvalue weighted by molar-refractivity contribution is 5.97. The lowest BCUT2D eigenvalue weighted by Gasteiger charge is -2.15. The number of hydrogen-bond donors (Lipinski definition) is 2. The van der Waals surface area contributed by atoms with E-state index in [2.05, 4.69) is 10.3 Å². The molecule has 7 nitrogen and oxygen atoms in total. The van der Waals surface area contributed by atoms with Crippen molar-refractivity contribution in [2.45, 2.75) is 52.5 Å². The molecule has 0 saturated carbocycles. The molecular weight excluding hydrogens is 358 g/mol. The molecule has 0 radical (unpaired) electrons. The Kier molecular flexibility index (Phi) is 6.11. The number of aromatic nitrogens is 2. The summed E-state index contributed by atoms with van der Waals surface area (Å²) in [5.74, 6) is -0.886. The highest BCUT2D eigenvalue weighted by Gasteiger charge is 2.20. The maximum atomic E-state index is 12.8. The van der Waals surface area contributed by atoms with Crippen molar-refractivity contribution in [3.8, 4) is 0 Å². The number of aliphatic carboxylic acids is 1. The molecule has 0 fully saturated rings. The van der Waals surface area contributed by atoms with E-state index in [0.29, 0.717) is 29.4 Å². The van der Waals surface area contributed by atoms with Crippen LogP contribution in [0.1, 0.15) is 55.7 Å². The van der Waals surface area contributed by atoms with Crippen LogP contribution in [-0.2, 0) is 17.8 Å². The Balaban J connectivity index is 1.82. The maximum absolute atomic E-state index is 12.8. The molecular formula is C21H27N3O4. The molecule has 150 valence electrons. The van der Waals surface area contributed by atoms with Gasteiger partial charge in [-0.25, -0.2) is 4.98 Å². The Hall–Kier alpha value is -2.70. The molecule has 1 aliphatic rings. The molecule has 0 saturated heterocycles. The summed E-state index contributed by atoms with van der Waals surface area (Å²) >= 11 is 0. The number of benzene rings is 1. The molecule has 1 aromatic carbocycles. The summed E-state index contributed by atoms with van der Waals surface area (Å²) in [6.45, 7) is 4.67. The van der Waals surface area contributed by atoms with Crippen molar-refractivity contribution < 1.29 is 14.7 Å². The lowest BCUT2D eigenvalue weighted by atomic mass is 9.97. The largest absolute Gasteiger partial charge is 0.481 e. The number of carbonyl (C=O) groups is 2. The minimum atomic E-state index is -0.912. The van der Waals surface area contributed by atoms with Crippen LogP contribution in [0.25, 0.3) is 10.9 Å². The van der Waals surface area contributed by atoms with Crippen LogP contribution in [0.15, 0.2) is 23.0 Å². The first-order chi connectivity index (χ1) is 13.4. The van der Waals surface area contributed by atoms with Crippen LogP contribution in [0.5, 0.6) is 0 Å². The second kappa shape index (κ2) is 8.54. The molecule has 2 heterocycles. The van der Waals surface area contributed by atoms with Gasteiger partial charge in [-0.1, -0.05) is 20.3 Å². The van der Waals surface area contributed by atoms with Crippen LogP contribution in [0.3, 0.4) is 0 Å². The average Bonchev–Trinajstić information content (AvgIpc) is 2.89. The van der Waals surface area contributed by atoms with Crippen LogP contribution in [0, 0.1) is 11.8 Å². The number of carboxylic acid groups (broad SMARTS) is 1. The van der Waals surface area contributed by atoms with Gasteiger partial charge in [0.2, 0.25) is 0 Å². The van der Waals surface area contributed by atoms with Gasteiger partial charge in [0.1, 0.15) is 5.82 Å². The number of carboxylic acids is 1. The zero-order valence-corrected chi connectivity index (χ0v) is 16.4. The van der Waals surface area contributed by atoms with E-state index in [1.54, 1.807) is 22.8 Å². The minimum Gasteiger partial charge on any atom is -0.481 e. The SMILES string of the molecule is CC(C)CC(CNC(=O)c1ccc2c(=O)n3c(nc2c1)CCCCC3)C(=O)O. The van der Waals surface area contributed by atoms with E-state index >= 15 is 0 Å². The van der Waals surface area contributed by atoms with Gasteiger partial charge in [0.15, 0.2) is 0 Å². The quantitative estimate of drug-likeness (QED) is 0.796. The Bertz CT molecular complexity index is 949. The van der Waals surface area contributed by atoms with Crippen LogP contribution < -0.4 is 10.9 Å². The number of hydrogen-bond acceptors (Lipinski definition) is 4. The van der Waals surface area contributed by atoms with Crippen LogP contribution >= 0.6 is 0 Å². The smallest absolute Gasteiger partial charge is 0.308 e. The fraction of sp³-hybridized carbons (Fsp3) is 0.524. The van der Waals surface area contributed by atoms with Gasteiger partial charge < -0.3 is 10.4 Å². The van der Waals surface area contributed by atoms with Crippen molar-refractivity contribution in [3.63, 3.8) is 0 Å². The van der Waals surface area contributed by atoms with Crippen molar-refractivity contribution in [1.29, 1.82) is 0 Å². The summed E-state index contributed by atoms with van der Waals surface area (Å²) in [6.07, 6.45) is 4.31. The summed E-state index contributed by atoms with van der Waals surface area (Å²) < 4.78 is 1.75. The minimum absolute atomic E-state index is 0.0586. The predicted molar refractivity (Wildman–Crippen MR) is 106 cm³/mol. The summed E-state index contributed by atoms with van der Waals surface area (Å²) in [5, 5.41) is 12.5. The predicted octanol–water partition coefficient (Wildman–Crippen LogP) is 2.60. The van der Waals surface area contributed by atoms with Gasteiger partial charge in [0.05, 0.1) is 16.8 Å². The van der Waals surface area contributed by atoms with Gasteiger partial charge >= 0.3 is 5.97 Å². The highest BCUT2D eigenvalue weighted by Crippen LogP contribution is 2.17. The Morgan fingerprint density at radius 3 is 2.75 bits per heavy atom. The molecule has 1 unspecified atom stereocenters. The van der Waals surface area contributed by atoms with Crippen molar-refractivity contribution in [3.05, 3.63) is 39.9 Å². The van der Waals surface area contributed by atoms with Gasteiger partial charge in [0, 0.05) is 25.1 Å². The second-order valence-electron chi connectivity index (χ2n) is 7.90. The lowest BCUT2D eigenvalue weighted by Crippen LogP contribution is -2.33. The van der Waals surface area contributed by atoms with E-state index in [1.807, 2.05) is 13.8 Å². The van der Waals surface area contributed by atoms with Crippen LogP contribution in [-0.4, -0.2) is 33.1 Å². The van der Waals surface area contributed by atoms with E-state index in [9.17, 15) is 19.5 Å². The first-order valence-electron chi connectivity index (χ1n) is 9.91. The lowest BCUT2D eigenvalue weighted by molar-refractivity contribution is -0.142. The van der Waals surface area contributed by atoms with E-state index in [1.165, 1.54) is 0 Å². The molecule has 0 bridgehead atoms. The summed E-state index contributed by atoms with van der Waals surface area (Å²) in [7, 11) is 0. The number of nitrogens with zero attached hydrogens (tertiary/aromatic N) is 2. The van der Waals surface area contributed by atoms with E-state index in [4.69, 9.17) is 0 Å². The van der Waals surface area contributed by atoms with Crippen LogP contribution in [0.4, 0.5) is 0 Å². The third kappa shape index (κ3) is 4.40. The molecule has 28 heavy (non-hydrogen) atoms. The molecule has 7 heteroatoms. The number of fused-ring (bicyclic) bond motifs is 2. The van der Waals surface area contributed by atoms with Gasteiger partial charge in [-0.15, -0.1) is 0 Å². The topological polar surface area (TPSA) is 101 Å². The second-order valence-corrected chi connectivity index (χ2v) is 7.90. The van der Waals surface area contributed by atoms with Crippen molar-refractivity contribution >= 4 is 22.8 Å². The standard InChI is InChI=1S/C21H27N3O4/c1-13(2)10-15(21(27)28)12-22-19(25)14-7-8-16-17(11-14)23-18-6-4-3-5-9-24(18)20(16)26/h7-8,11,13,15H,3-6,9-10,12H2,1-2H3,(H,22,25)(H,27,28). The molecule has 1 aliphatic heterocycles.